The van der Waals surface area contributed by atoms with E-state index < -0.39 is 57.3 Å². The number of benzene rings is 1. The first kappa shape index (κ1) is 36.1. The number of halogens is 1. The van der Waals surface area contributed by atoms with Crippen LogP contribution in [0.5, 0.6) is 0 Å². The van der Waals surface area contributed by atoms with Crippen LogP contribution in [0.25, 0.3) is 0 Å². The second-order valence-corrected chi connectivity index (χ2v) is 16.3. The lowest BCUT2D eigenvalue weighted by atomic mass is 9.82. The summed E-state index contributed by atoms with van der Waals surface area (Å²) in [7, 11) is -3.37. The minimum Gasteiger partial charge on any atom is -0.445 e. The zero-order valence-corrected chi connectivity index (χ0v) is 28.9. The molecule has 1 aromatic rings. The highest BCUT2D eigenvalue weighted by Gasteiger charge is 2.48. The molecule has 0 aromatic heterocycles. The maximum atomic E-state index is 13.9. The van der Waals surface area contributed by atoms with Gasteiger partial charge in [-0.15, -0.1) is 0 Å². The molecule has 2 heterocycles. The fraction of sp³-hybridized carbons (Fsp3) is 0.667. The molecule has 2 aliphatic heterocycles. The molecule has 48 heavy (non-hydrogen) atoms. The van der Waals surface area contributed by atoms with Crippen LogP contribution in [-0.4, -0.2) is 85.3 Å². The van der Waals surface area contributed by atoms with E-state index in [0.717, 1.165) is 51.2 Å². The first-order chi connectivity index (χ1) is 22.8. The number of ketones is 1. The number of Topliss-reactive ketones (excluding diaryl/α,β-unsaturated/α-hetero) is 1. The van der Waals surface area contributed by atoms with Gasteiger partial charge in [-0.1, -0.05) is 55.8 Å². The standard InChI is InChI=1S/C33H46ClN5O8S/c1-48(45,46)39-14-12-33(13-15-39)19-23(29(41)38-33)18-26(28(40)31(43)35-25-10-11-25)36-30(42)27(17-21-6-3-2-4-7-21)37-32(44)47-20-22-8-5-9-24(34)16-22/h5,8-9,16,21,23,25-27H,2-4,6-7,10-15,17-20H2,1H3,(H,35,43)(H,36,42)(H,37,44)(H,38,41)/t23?,26?,27-/m0/s1. The number of carbonyl (C=O) groups excluding carboxylic acids is 5. The summed E-state index contributed by atoms with van der Waals surface area (Å²) in [4.78, 5) is 66.5. The van der Waals surface area contributed by atoms with Crippen LogP contribution >= 0.6 is 11.6 Å². The van der Waals surface area contributed by atoms with Gasteiger partial charge >= 0.3 is 6.09 Å². The van der Waals surface area contributed by atoms with Crippen molar-refractivity contribution in [1.82, 2.24) is 25.6 Å². The largest absolute Gasteiger partial charge is 0.445 e. The summed E-state index contributed by atoms with van der Waals surface area (Å²) in [5.74, 6) is -3.13. The minimum absolute atomic E-state index is 0.0624. The Labute approximate surface area is 286 Å². The Bertz CT molecular complexity index is 1490. The van der Waals surface area contributed by atoms with E-state index in [-0.39, 0.29) is 44.0 Å². The van der Waals surface area contributed by atoms with E-state index in [2.05, 4.69) is 21.3 Å². The molecule has 2 saturated carbocycles. The monoisotopic (exact) mass is 707 g/mol. The fourth-order valence-electron chi connectivity index (χ4n) is 7.12. The van der Waals surface area contributed by atoms with Crippen LogP contribution in [0.1, 0.15) is 82.6 Å². The lowest BCUT2D eigenvalue weighted by Crippen LogP contribution is -2.55. The SMILES string of the molecule is CS(=O)(=O)N1CCC2(CC1)CC(CC(NC(=O)[C@H](CC1CCCCC1)NC(=O)OCc1cccc(Cl)c1)C(=O)C(=O)NC1CC1)C(=O)N2. The van der Waals surface area contributed by atoms with Gasteiger partial charge in [0.25, 0.3) is 5.91 Å². The van der Waals surface area contributed by atoms with Crippen LogP contribution in [0.3, 0.4) is 0 Å². The van der Waals surface area contributed by atoms with Gasteiger partial charge in [0.15, 0.2) is 0 Å². The summed E-state index contributed by atoms with van der Waals surface area (Å²) in [6.45, 7) is 0.459. The molecule has 5 rings (SSSR count). The average molecular weight is 708 g/mol. The van der Waals surface area contributed by atoms with Crippen molar-refractivity contribution in [2.45, 2.75) is 107 Å². The number of amides is 4. The molecule has 4 aliphatic rings. The molecule has 2 aliphatic carbocycles. The molecular formula is C33H46ClN5O8S. The number of nitrogens with zero attached hydrogens (tertiary/aromatic N) is 1. The second kappa shape index (κ2) is 15.5. The number of piperidine rings is 1. The maximum absolute atomic E-state index is 13.9. The molecule has 1 aromatic carbocycles. The van der Waals surface area contributed by atoms with Crippen molar-refractivity contribution < 1.29 is 37.1 Å². The lowest BCUT2D eigenvalue weighted by molar-refractivity contribution is -0.141. The number of carbonyl (C=O) groups is 5. The van der Waals surface area contributed by atoms with Gasteiger partial charge < -0.3 is 26.0 Å². The highest BCUT2D eigenvalue weighted by atomic mass is 35.5. The van der Waals surface area contributed by atoms with Crippen molar-refractivity contribution in [3.8, 4) is 0 Å². The molecule has 15 heteroatoms. The van der Waals surface area contributed by atoms with E-state index in [1.165, 1.54) is 4.31 Å². The highest BCUT2D eigenvalue weighted by molar-refractivity contribution is 7.88. The number of sulfonamides is 1. The second-order valence-electron chi connectivity index (χ2n) is 13.9. The Balaban J connectivity index is 1.28. The van der Waals surface area contributed by atoms with E-state index in [4.69, 9.17) is 16.3 Å². The molecule has 264 valence electrons. The Hall–Kier alpha value is -3.23. The molecule has 3 atom stereocenters. The third-order valence-electron chi connectivity index (χ3n) is 10.00. The Morgan fingerprint density at radius 2 is 1.73 bits per heavy atom. The van der Waals surface area contributed by atoms with Crippen LogP contribution in [0.4, 0.5) is 4.79 Å². The summed E-state index contributed by atoms with van der Waals surface area (Å²) in [5, 5.41) is 11.6. The smallest absolute Gasteiger partial charge is 0.408 e. The van der Waals surface area contributed by atoms with Crippen molar-refractivity contribution >= 4 is 51.2 Å². The third kappa shape index (κ3) is 9.91. The van der Waals surface area contributed by atoms with Crippen LogP contribution in [0.2, 0.25) is 5.02 Å². The lowest BCUT2D eigenvalue weighted by Gasteiger charge is -2.38. The summed E-state index contributed by atoms with van der Waals surface area (Å²) in [5.41, 5.74) is 0.0436. The number of ether oxygens (including phenoxy) is 1. The molecule has 1 spiro atoms. The van der Waals surface area contributed by atoms with Gasteiger partial charge in [-0.25, -0.2) is 17.5 Å². The van der Waals surface area contributed by atoms with E-state index in [9.17, 15) is 32.4 Å². The summed E-state index contributed by atoms with van der Waals surface area (Å²) in [6.07, 6.45) is 8.20. The van der Waals surface area contributed by atoms with Gasteiger partial charge in [0.2, 0.25) is 27.6 Å². The predicted molar refractivity (Wildman–Crippen MR) is 177 cm³/mol. The van der Waals surface area contributed by atoms with Crippen molar-refractivity contribution in [3.63, 3.8) is 0 Å². The molecule has 0 bridgehead atoms. The van der Waals surface area contributed by atoms with Crippen molar-refractivity contribution in [2.75, 3.05) is 19.3 Å². The van der Waals surface area contributed by atoms with Gasteiger partial charge in [-0.2, -0.15) is 0 Å². The van der Waals surface area contributed by atoms with E-state index in [1.54, 1.807) is 24.3 Å². The van der Waals surface area contributed by atoms with E-state index >= 15 is 0 Å². The average Bonchev–Trinajstić information content (AvgIpc) is 3.81. The number of rotatable bonds is 13. The van der Waals surface area contributed by atoms with Crippen molar-refractivity contribution in [1.29, 1.82) is 0 Å². The van der Waals surface area contributed by atoms with E-state index in [1.807, 2.05) is 0 Å². The number of nitrogens with one attached hydrogen (secondary N) is 4. The summed E-state index contributed by atoms with van der Waals surface area (Å²) < 4.78 is 30.8. The normalized spacial score (nSPS) is 22.7. The van der Waals surface area contributed by atoms with Gasteiger partial charge in [0.05, 0.1) is 12.3 Å². The number of hydrogen-bond acceptors (Lipinski definition) is 8. The van der Waals surface area contributed by atoms with Crippen molar-refractivity contribution in [3.05, 3.63) is 34.9 Å². The van der Waals surface area contributed by atoms with E-state index in [0.29, 0.717) is 36.3 Å². The van der Waals surface area contributed by atoms with Crippen molar-refractivity contribution in [2.24, 2.45) is 11.8 Å². The maximum Gasteiger partial charge on any atom is 0.408 e. The topological polar surface area (TPSA) is 180 Å². The van der Waals surface area contributed by atoms with Crippen LogP contribution in [-0.2, 0) is 40.5 Å². The van der Waals surface area contributed by atoms with Crippen LogP contribution < -0.4 is 21.3 Å². The molecule has 4 fully saturated rings. The summed E-state index contributed by atoms with van der Waals surface area (Å²) in [6, 6.07) is 4.43. The van der Waals surface area contributed by atoms with Crippen LogP contribution in [0.15, 0.2) is 24.3 Å². The Morgan fingerprint density at radius 3 is 2.38 bits per heavy atom. The quantitative estimate of drug-likeness (QED) is 0.226. The zero-order valence-electron chi connectivity index (χ0n) is 27.3. The number of hydrogen-bond donors (Lipinski definition) is 4. The van der Waals surface area contributed by atoms with Crippen LogP contribution in [0, 0.1) is 11.8 Å². The molecule has 2 unspecified atom stereocenters. The molecule has 4 N–H and O–H groups in total. The first-order valence-corrected chi connectivity index (χ1v) is 19.1. The zero-order chi connectivity index (χ0) is 34.5. The Kier molecular flexibility index (Phi) is 11.7. The first-order valence-electron chi connectivity index (χ1n) is 16.9. The third-order valence-corrected chi connectivity index (χ3v) is 11.5. The van der Waals surface area contributed by atoms with Gasteiger partial charge in [0.1, 0.15) is 12.6 Å². The molecule has 13 nitrogen and oxygen atoms in total. The van der Waals surface area contributed by atoms with Gasteiger partial charge in [-0.3, -0.25) is 19.2 Å². The number of alkyl carbamates (subject to hydrolysis) is 1. The minimum atomic E-state index is -3.37. The molecular weight excluding hydrogens is 662 g/mol. The highest BCUT2D eigenvalue weighted by Crippen LogP contribution is 2.37. The van der Waals surface area contributed by atoms with Gasteiger partial charge in [0, 0.05) is 35.6 Å². The molecule has 2 saturated heterocycles. The fourth-order valence-corrected chi connectivity index (χ4v) is 8.18. The Morgan fingerprint density at radius 1 is 1.02 bits per heavy atom. The predicted octanol–water partition coefficient (Wildman–Crippen LogP) is 2.56. The van der Waals surface area contributed by atoms with Gasteiger partial charge in [-0.05, 0) is 68.6 Å². The summed E-state index contributed by atoms with van der Waals surface area (Å²) >= 11 is 6.04. The molecule has 0 radical (unpaired) electrons. The molecule has 4 amide bonds.